The molecule has 2 heterocycles. The SMILES string of the molecule is COc1cccc(C(CNC(=O)c2ccc3ccccc3n2)N2CCCC2)c1. The number of methoxy groups -OCH3 is 1. The van der Waals surface area contributed by atoms with Crippen molar-refractivity contribution in [3.63, 3.8) is 0 Å². The van der Waals surface area contributed by atoms with Crippen LogP contribution in [0.15, 0.2) is 60.7 Å². The summed E-state index contributed by atoms with van der Waals surface area (Å²) in [5.74, 6) is 0.696. The van der Waals surface area contributed by atoms with E-state index in [9.17, 15) is 4.79 Å². The number of ether oxygens (including phenoxy) is 1. The summed E-state index contributed by atoms with van der Waals surface area (Å²) in [6, 6.07) is 19.8. The molecule has 4 rings (SSSR count). The lowest BCUT2D eigenvalue weighted by atomic mass is 10.0. The Hall–Kier alpha value is -2.92. The third-order valence-electron chi connectivity index (χ3n) is 5.35. The Morgan fingerprint density at radius 2 is 1.93 bits per heavy atom. The Morgan fingerprint density at radius 3 is 2.75 bits per heavy atom. The van der Waals surface area contributed by atoms with E-state index in [2.05, 4.69) is 27.3 Å². The molecule has 0 aliphatic carbocycles. The minimum Gasteiger partial charge on any atom is -0.497 e. The van der Waals surface area contributed by atoms with E-state index < -0.39 is 0 Å². The van der Waals surface area contributed by atoms with Crippen LogP contribution < -0.4 is 10.1 Å². The number of para-hydroxylation sites is 1. The van der Waals surface area contributed by atoms with Crippen molar-refractivity contribution in [1.29, 1.82) is 0 Å². The van der Waals surface area contributed by atoms with Crippen molar-refractivity contribution < 1.29 is 9.53 Å². The maximum Gasteiger partial charge on any atom is 0.269 e. The minimum atomic E-state index is -0.141. The second kappa shape index (κ2) is 8.40. The van der Waals surface area contributed by atoms with Crippen molar-refractivity contribution in [2.24, 2.45) is 0 Å². The molecule has 1 amide bonds. The summed E-state index contributed by atoms with van der Waals surface area (Å²) >= 11 is 0. The number of hydrogen-bond donors (Lipinski definition) is 1. The Labute approximate surface area is 165 Å². The van der Waals surface area contributed by atoms with Crippen LogP contribution in [0.3, 0.4) is 0 Å². The van der Waals surface area contributed by atoms with Gasteiger partial charge in [0.2, 0.25) is 0 Å². The number of fused-ring (bicyclic) bond motifs is 1. The molecule has 0 radical (unpaired) electrons. The van der Waals surface area contributed by atoms with Gasteiger partial charge in [-0.1, -0.05) is 36.4 Å². The van der Waals surface area contributed by atoms with Crippen LogP contribution in [0.25, 0.3) is 10.9 Å². The predicted octanol–water partition coefficient (Wildman–Crippen LogP) is 3.81. The van der Waals surface area contributed by atoms with Gasteiger partial charge in [0, 0.05) is 11.9 Å². The first-order chi connectivity index (χ1) is 13.7. The first-order valence-electron chi connectivity index (χ1n) is 9.76. The zero-order valence-electron chi connectivity index (χ0n) is 16.1. The van der Waals surface area contributed by atoms with Crippen molar-refractivity contribution >= 4 is 16.8 Å². The fraction of sp³-hybridized carbons (Fsp3) is 0.304. The van der Waals surface area contributed by atoms with Gasteiger partial charge >= 0.3 is 0 Å². The third-order valence-corrected chi connectivity index (χ3v) is 5.35. The van der Waals surface area contributed by atoms with Gasteiger partial charge in [0.1, 0.15) is 11.4 Å². The van der Waals surface area contributed by atoms with Crippen LogP contribution >= 0.6 is 0 Å². The standard InChI is InChI=1S/C23H25N3O2/c1-28-19-9-6-8-18(15-19)22(26-13-4-5-14-26)16-24-23(27)21-12-11-17-7-2-3-10-20(17)25-21/h2-3,6-12,15,22H,4-5,13-14,16H2,1H3,(H,24,27). The van der Waals surface area contributed by atoms with E-state index in [0.29, 0.717) is 12.2 Å². The lowest BCUT2D eigenvalue weighted by molar-refractivity contribution is 0.0933. The van der Waals surface area contributed by atoms with E-state index in [1.54, 1.807) is 13.2 Å². The zero-order chi connectivity index (χ0) is 19.3. The maximum atomic E-state index is 12.7. The molecule has 0 bridgehead atoms. The molecule has 28 heavy (non-hydrogen) atoms. The number of nitrogens with one attached hydrogen (secondary N) is 1. The zero-order valence-corrected chi connectivity index (χ0v) is 16.1. The van der Waals surface area contributed by atoms with Gasteiger partial charge < -0.3 is 10.1 Å². The second-order valence-corrected chi connectivity index (χ2v) is 7.13. The fourth-order valence-electron chi connectivity index (χ4n) is 3.83. The highest BCUT2D eigenvalue weighted by Gasteiger charge is 2.24. The van der Waals surface area contributed by atoms with Gasteiger partial charge in [-0.05, 0) is 55.8 Å². The Kier molecular flexibility index (Phi) is 5.53. The summed E-state index contributed by atoms with van der Waals surface area (Å²) in [6.45, 7) is 2.64. The van der Waals surface area contributed by atoms with Crippen molar-refractivity contribution in [3.8, 4) is 5.75 Å². The normalized spacial score (nSPS) is 15.5. The summed E-state index contributed by atoms with van der Waals surface area (Å²) < 4.78 is 5.39. The van der Waals surface area contributed by atoms with E-state index in [1.165, 1.54) is 12.8 Å². The van der Waals surface area contributed by atoms with E-state index >= 15 is 0 Å². The van der Waals surface area contributed by atoms with Gasteiger partial charge in [0.25, 0.3) is 5.91 Å². The average Bonchev–Trinajstić information content (AvgIpc) is 3.28. The molecule has 1 aliphatic heterocycles. The van der Waals surface area contributed by atoms with E-state index in [1.807, 2.05) is 42.5 Å². The fourth-order valence-corrected chi connectivity index (χ4v) is 3.83. The van der Waals surface area contributed by atoms with E-state index in [-0.39, 0.29) is 11.9 Å². The number of carbonyl (C=O) groups is 1. The topological polar surface area (TPSA) is 54.5 Å². The van der Waals surface area contributed by atoms with Crippen LogP contribution in [0.4, 0.5) is 0 Å². The van der Waals surface area contributed by atoms with Crippen molar-refractivity contribution in [1.82, 2.24) is 15.2 Å². The van der Waals surface area contributed by atoms with Gasteiger partial charge in [-0.25, -0.2) is 4.98 Å². The van der Waals surface area contributed by atoms with Crippen LogP contribution in [-0.2, 0) is 0 Å². The van der Waals surface area contributed by atoms with Crippen molar-refractivity contribution in [2.75, 3.05) is 26.7 Å². The molecular weight excluding hydrogens is 350 g/mol. The quantitative estimate of drug-likeness (QED) is 0.712. The highest BCUT2D eigenvalue weighted by Crippen LogP contribution is 2.27. The summed E-state index contributed by atoms with van der Waals surface area (Å²) in [4.78, 5) is 19.7. The number of pyridine rings is 1. The molecule has 1 aliphatic rings. The van der Waals surface area contributed by atoms with Gasteiger partial charge in [0.05, 0.1) is 18.7 Å². The Morgan fingerprint density at radius 1 is 1.11 bits per heavy atom. The summed E-state index contributed by atoms with van der Waals surface area (Å²) in [5.41, 5.74) is 2.44. The number of amides is 1. The van der Waals surface area contributed by atoms with Crippen molar-refractivity contribution in [3.05, 3.63) is 71.9 Å². The number of aromatic nitrogens is 1. The van der Waals surface area contributed by atoms with Crippen LogP contribution in [0.1, 0.15) is 34.9 Å². The summed E-state index contributed by atoms with van der Waals surface area (Å²) in [7, 11) is 1.68. The molecule has 1 aromatic heterocycles. The second-order valence-electron chi connectivity index (χ2n) is 7.13. The molecular formula is C23H25N3O2. The number of hydrogen-bond acceptors (Lipinski definition) is 4. The number of benzene rings is 2. The predicted molar refractivity (Wildman–Crippen MR) is 111 cm³/mol. The molecule has 2 aromatic carbocycles. The minimum absolute atomic E-state index is 0.127. The van der Waals surface area contributed by atoms with Gasteiger partial charge in [0.15, 0.2) is 0 Å². The molecule has 5 heteroatoms. The molecule has 0 saturated carbocycles. The van der Waals surface area contributed by atoms with Crippen molar-refractivity contribution in [2.45, 2.75) is 18.9 Å². The van der Waals surface area contributed by atoms with Crippen LogP contribution in [0.5, 0.6) is 5.75 Å². The molecule has 1 N–H and O–H groups in total. The van der Waals surface area contributed by atoms with Crippen LogP contribution in [-0.4, -0.2) is 42.5 Å². The number of nitrogens with zero attached hydrogens (tertiary/aromatic N) is 2. The Balaban J connectivity index is 1.52. The molecule has 5 nitrogen and oxygen atoms in total. The van der Waals surface area contributed by atoms with E-state index in [4.69, 9.17) is 4.74 Å². The van der Waals surface area contributed by atoms with E-state index in [0.717, 1.165) is 35.3 Å². The average molecular weight is 375 g/mol. The van der Waals surface area contributed by atoms with Crippen LogP contribution in [0.2, 0.25) is 0 Å². The van der Waals surface area contributed by atoms with Gasteiger partial charge in [-0.15, -0.1) is 0 Å². The molecule has 1 saturated heterocycles. The summed E-state index contributed by atoms with van der Waals surface area (Å²) in [5, 5.41) is 4.13. The number of rotatable bonds is 6. The highest BCUT2D eigenvalue weighted by atomic mass is 16.5. The monoisotopic (exact) mass is 375 g/mol. The smallest absolute Gasteiger partial charge is 0.269 e. The molecule has 3 aromatic rings. The largest absolute Gasteiger partial charge is 0.497 e. The molecule has 0 spiro atoms. The van der Waals surface area contributed by atoms with Crippen LogP contribution in [0, 0.1) is 0 Å². The lowest BCUT2D eigenvalue weighted by Gasteiger charge is -2.28. The highest BCUT2D eigenvalue weighted by molar-refractivity contribution is 5.94. The van der Waals surface area contributed by atoms with Gasteiger partial charge in [-0.3, -0.25) is 9.69 Å². The molecule has 1 atom stereocenters. The first kappa shape index (κ1) is 18.4. The first-order valence-corrected chi connectivity index (χ1v) is 9.76. The molecule has 1 fully saturated rings. The third kappa shape index (κ3) is 3.99. The maximum absolute atomic E-state index is 12.7. The molecule has 1 unspecified atom stereocenters. The van der Waals surface area contributed by atoms with Gasteiger partial charge in [-0.2, -0.15) is 0 Å². The summed E-state index contributed by atoms with van der Waals surface area (Å²) in [6.07, 6.45) is 2.39. The molecule has 144 valence electrons. The lowest BCUT2D eigenvalue weighted by Crippen LogP contribution is -2.37. The number of likely N-dealkylation sites (tertiary alicyclic amines) is 1. The number of carbonyl (C=O) groups excluding carboxylic acids is 1. The Bertz CT molecular complexity index is 967.